The van der Waals surface area contributed by atoms with Crippen molar-refractivity contribution in [2.24, 2.45) is 5.84 Å². The molecule has 0 unspecified atom stereocenters. The molecule has 0 saturated carbocycles. The lowest BCUT2D eigenvalue weighted by atomic mass is 10.2. The summed E-state index contributed by atoms with van der Waals surface area (Å²) in [4.78, 5) is 27.1. The number of benzene rings is 2. The summed E-state index contributed by atoms with van der Waals surface area (Å²) in [6.45, 7) is 2.60. The van der Waals surface area contributed by atoms with Crippen LogP contribution < -0.4 is 20.9 Å². The third-order valence-corrected chi connectivity index (χ3v) is 4.29. The van der Waals surface area contributed by atoms with Crippen LogP contribution in [0.3, 0.4) is 0 Å². The molecule has 7 nitrogen and oxygen atoms in total. The molecule has 26 heavy (non-hydrogen) atoms. The van der Waals surface area contributed by atoms with Crippen LogP contribution in [-0.2, 0) is 9.59 Å². The summed E-state index contributed by atoms with van der Waals surface area (Å²) in [7, 11) is 0. The Labute approximate surface area is 152 Å². The van der Waals surface area contributed by atoms with Gasteiger partial charge < -0.3 is 14.5 Å². The van der Waals surface area contributed by atoms with E-state index in [1.54, 1.807) is 4.90 Å². The minimum Gasteiger partial charge on any atom is -0.457 e. The average Bonchev–Trinajstić information content (AvgIpc) is 2.69. The van der Waals surface area contributed by atoms with Gasteiger partial charge in [-0.1, -0.05) is 18.2 Å². The van der Waals surface area contributed by atoms with Crippen molar-refractivity contribution in [2.45, 2.75) is 6.42 Å². The number of ether oxygens (including phenoxy) is 1. The molecule has 1 aliphatic heterocycles. The molecule has 1 aliphatic rings. The van der Waals surface area contributed by atoms with Crippen LogP contribution in [0.4, 0.5) is 5.69 Å². The molecular formula is C19H22N4O3. The Morgan fingerprint density at radius 1 is 0.923 bits per heavy atom. The number of carbonyl (C=O) groups excluding carboxylic acids is 2. The Bertz CT molecular complexity index is 741. The molecule has 2 aromatic rings. The molecule has 3 rings (SSSR count). The normalized spacial score (nSPS) is 14.0. The van der Waals surface area contributed by atoms with Crippen LogP contribution in [0.2, 0.25) is 0 Å². The third kappa shape index (κ3) is 4.52. The Kier molecular flexibility index (Phi) is 5.70. The number of hydrazine groups is 1. The van der Waals surface area contributed by atoms with Crippen LogP contribution in [0, 0.1) is 0 Å². The Hall–Kier alpha value is -3.06. The van der Waals surface area contributed by atoms with Crippen molar-refractivity contribution in [3.05, 3.63) is 54.6 Å². The van der Waals surface area contributed by atoms with E-state index in [1.165, 1.54) is 0 Å². The van der Waals surface area contributed by atoms with Crippen LogP contribution in [0.1, 0.15) is 6.42 Å². The summed E-state index contributed by atoms with van der Waals surface area (Å²) >= 11 is 0. The number of nitrogens with one attached hydrogen (secondary N) is 1. The second-order valence-electron chi connectivity index (χ2n) is 6.02. The van der Waals surface area contributed by atoms with Gasteiger partial charge in [0, 0.05) is 31.9 Å². The van der Waals surface area contributed by atoms with Gasteiger partial charge in [0.2, 0.25) is 11.8 Å². The zero-order valence-corrected chi connectivity index (χ0v) is 14.4. The first-order chi connectivity index (χ1) is 12.7. The van der Waals surface area contributed by atoms with Gasteiger partial charge in [-0.2, -0.15) is 0 Å². The number of carbonyl (C=O) groups is 2. The molecule has 1 heterocycles. The molecular weight excluding hydrogens is 332 g/mol. The van der Waals surface area contributed by atoms with Crippen molar-refractivity contribution < 1.29 is 14.3 Å². The quantitative estimate of drug-likeness (QED) is 0.368. The summed E-state index contributed by atoms with van der Waals surface area (Å²) < 4.78 is 5.80. The largest absolute Gasteiger partial charge is 0.457 e. The van der Waals surface area contributed by atoms with Gasteiger partial charge in [0.15, 0.2) is 0 Å². The number of nitrogens with zero attached hydrogens (tertiary/aromatic N) is 2. The van der Waals surface area contributed by atoms with Crippen molar-refractivity contribution in [2.75, 3.05) is 31.1 Å². The van der Waals surface area contributed by atoms with Crippen molar-refractivity contribution in [3.8, 4) is 11.5 Å². The second kappa shape index (κ2) is 8.35. The van der Waals surface area contributed by atoms with Gasteiger partial charge in [-0.25, -0.2) is 5.84 Å². The molecule has 1 saturated heterocycles. The summed E-state index contributed by atoms with van der Waals surface area (Å²) in [5.41, 5.74) is 3.06. The minimum absolute atomic E-state index is 0.195. The Balaban J connectivity index is 1.53. The average molecular weight is 354 g/mol. The van der Waals surface area contributed by atoms with Crippen LogP contribution in [0.5, 0.6) is 11.5 Å². The highest BCUT2D eigenvalue weighted by Gasteiger charge is 2.22. The molecule has 0 spiro atoms. The molecule has 0 bridgehead atoms. The lowest BCUT2D eigenvalue weighted by Crippen LogP contribution is -2.49. The van der Waals surface area contributed by atoms with Gasteiger partial charge in [-0.15, -0.1) is 0 Å². The fourth-order valence-corrected chi connectivity index (χ4v) is 2.86. The van der Waals surface area contributed by atoms with Gasteiger partial charge in [0.05, 0.1) is 0 Å². The van der Waals surface area contributed by atoms with E-state index in [4.69, 9.17) is 10.6 Å². The summed E-state index contributed by atoms with van der Waals surface area (Å²) in [5.74, 6) is 5.94. The maximum atomic E-state index is 12.0. The number of piperazine rings is 1. The predicted molar refractivity (Wildman–Crippen MR) is 98.7 cm³/mol. The minimum atomic E-state index is -0.466. The van der Waals surface area contributed by atoms with Crippen molar-refractivity contribution in [3.63, 3.8) is 0 Å². The number of anilines is 1. The summed E-state index contributed by atoms with van der Waals surface area (Å²) in [6.07, 6.45) is -0.206. The smallest absolute Gasteiger partial charge is 0.243 e. The highest BCUT2D eigenvalue weighted by molar-refractivity contribution is 5.96. The van der Waals surface area contributed by atoms with E-state index in [0.29, 0.717) is 13.1 Å². The molecule has 7 heteroatoms. The first-order valence-corrected chi connectivity index (χ1v) is 8.51. The van der Waals surface area contributed by atoms with E-state index >= 15 is 0 Å². The number of hydrogen-bond acceptors (Lipinski definition) is 5. The Morgan fingerprint density at radius 3 is 2.15 bits per heavy atom. The van der Waals surface area contributed by atoms with Crippen LogP contribution in [-0.4, -0.2) is 42.9 Å². The maximum absolute atomic E-state index is 12.0. The standard InChI is InChI=1S/C19H22N4O3/c20-21-18(24)14-19(25)23-12-10-22(11-13-23)15-6-8-17(9-7-15)26-16-4-2-1-3-5-16/h1-9H,10-14,20H2,(H,21,24). The number of nitrogens with two attached hydrogens (primary N) is 1. The van der Waals surface area contributed by atoms with E-state index in [1.807, 2.05) is 60.0 Å². The van der Waals surface area contributed by atoms with Gasteiger partial charge >= 0.3 is 0 Å². The third-order valence-electron chi connectivity index (χ3n) is 4.29. The van der Waals surface area contributed by atoms with Crippen molar-refractivity contribution in [1.29, 1.82) is 0 Å². The van der Waals surface area contributed by atoms with E-state index in [9.17, 15) is 9.59 Å². The molecule has 0 aliphatic carbocycles. The van der Waals surface area contributed by atoms with Crippen LogP contribution in [0.25, 0.3) is 0 Å². The summed E-state index contributed by atoms with van der Waals surface area (Å²) in [6, 6.07) is 17.5. The lowest BCUT2D eigenvalue weighted by Gasteiger charge is -2.36. The number of amides is 2. The first-order valence-electron chi connectivity index (χ1n) is 8.51. The maximum Gasteiger partial charge on any atom is 0.243 e. The van der Waals surface area contributed by atoms with Crippen molar-refractivity contribution >= 4 is 17.5 Å². The first kappa shape index (κ1) is 17.8. The SMILES string of the molecule is NNC(=O)CC(=O)N1CCN(c2ccc(Oc3ccccc3)cc2)CC1. The molecule has 3 N–H and O–H groups in total. The second-order valence-corrected chi connectivity index (χ2v) is 6.02. The van der Waals surface area contributed by atoms with Crippen LogP contribution in [0.15, 0.2) is 54.6 Å². The van der Waals surface area contributed by atoms with Crippen molar-refractivity contribution in [1.82, 2.24) is 10.3 Å². The zero-order chi connectivity index (χ0) is 18.4. The van der Waals surface area contributed by atoms with Crippen LogP contribution >= 0.6 is 0 Å². The van der Waals surface area contributed by atoms with E-state index < -0.39 is 5.91 Å². The number of para-hydroxylation sites is 1. The molecule has 2 aromatic carbocycles. The topological polar surface area (TPSA) is 87.9 Å². The Morgan fingerprint density at radius 2 is 1.54 bits per heavy atom. The van der Waals surface area contributed by atoms with E-state index in [2.05, 4.69) is 4.90 Å². The molecule has 0 aromatic heterocycles. The molecule has 2 amide bonds. The molecule has 1 fully saturated rings. The van der Waals surface area contributed by atoms with Gasteiger partial charge in [0.25, 0.3) is 0 Å². The molecule has 0 atom stereocenters. The fourth-order valence-electron chi connectivity index (χ4n) is 2.86. The number of hydrogen-bond donors (Lipinski definition) is 2. The van der Waals surface area contributed by atoms with Gasteiger partial charge in [-0.3, -0.25) is 15.0 Å². The van der Waals surface area contributed by atoms with Gasteiger partial charge in [-0.05, 0) is 36.4 Å². The highest BCUT2D eigenvalue weighted by atomic mass is 16.5. The number of rotatable bonds is 5. The monoisotopic (exact) mass is 354 g/mol. The summed E-state index contributed by atoms with van der Waals surface area (Å²) in [5, 5.41) is 0. The van der Waals surface area contributed by atoms with E-state index in [-0.39, 0.29) is 12.3 Å². The van der Waals surface area contributed by atoms with Gasteiger partial charge in [0.1, 0.15) is 17.9 Å². The predicted octanol–water partition coefficient (Wildman–Crippen LogP) is 1.51. The lowest BCUT2D eigenvalue weighted by molar-refractivity contribution is -0.136. The zero-order valence-electron chi connectivity index (χ0n) is 14.4. The highest BCUT2D eigenvalue weighted by Crippen LogP contribution is 2.25. The molecule has 136 valence electrons. The molecule has 0 radical (unpaired) electrons. The fraction of sp³-hybridized carbons (Fsp3) is 0.263. The van der Waals surface area contributed by atoms with E-state index in [0.717, 1.165) is 30.3 Å².